The van der Waals surface area contributed by atoms with Crippen LogP contribution in [-0.2, 0) is 5.41 Å². The molecule has 0 radical (unpaired) electrons. The molecule has 0 fully saturated rings. The topological polar surface area (TPSA) is 51.6 Å². The first kappa shape index (κ1) is 23.2. The Hall–Kier alpha value is -4.96. The molecular formula is C35H26N4. The summed E-state index contributed by atoms with van der Waals surface area (Å²) in [5.74, 6) is 1.99. The Morgan fingerprint density at radius 1 is 0.462 bits per heavy atom. The lowest BCUT2D eigenvalue weighted by Crippen LogP contribution is -2.15. The first-order valence-corrected chi connectivity index (χ1v) is 13.1. The second-order valence-corrected chi connectivity index (χ2v) is 10.4. The van der Waals surface area contributed by atoms with Crippen LogP contribution in [0.2, 0.25) is 0 Å². The quantitative estimate of drug-likeness (QED) is 0.244. The van der Waals surface area contributed by atoms with Gasteiger partial charge in [0.05, 0.1) is 0 Å². The zero-order chi connectivity index (χ0) is 26.4. The second kappa shape index (κ2) is 9.10. The lowest BCUT2D eigenvalue weighted by Gasteiger charge is -2.21. The van der Waals surface area contributed by atoms with Crippen molar-refractivity contribution in [2.24, 2.45) is 0 Å². The molecule has 0 unspecified atom stereocenters. The zero-order valence-electron chi connectivity index (χ0n) is 21.8. The molecule has 0 saturated carbocycles. The van der Waals surface area contributed by atoms with Crippen LogP contribution in [0.1, 0.15) is 25.0 Å². The molecule has 4 heteroatoms. The second-order valence-electron chi connectivity index (χ2n) is 10.4. The zero-order valence-corrected chi connectivity index (χ0v) is 21.8. The molecule has 7 rings (SSSR count). The van der Waals surface area contributed by atoms with Crippen LogP contribution in [0.4, 0.5) is 0 Å². The van der Waals surface area contributed by atoms with E-state index in [0.29, 0.717) is 17.5 Å². The van der Waals surface area contributed by atoms with Gasteiger partial charge in [0.1, 0.15) is 0 Å². The van der Waals surface area contributed by atoms with E-state index in [1.165, 1.54) is 22.3 Å². The SMILES string of the molecule is CC1(C)c2ccccc2-c2ccc(-c3nc(-c4ccccc4)nc(-c4ccc(-c5cccnc5)cc4)n3)cc21. The molecule has 0 saturated heterocycles. The van der Waals surface area contributed by atoms with Gasteiger partial charge >= 0.3 is 0 Å². The van der Waals surface area contributed by atoms with Crippen LogP contribution >= 0.6 is 0 Å². The van der Waals surface area contributed by atoms with Gasteiger partial charge < -0.3 is 0 Å². The molecule has 1 aliphatic carbocycles. The van der Waals surface area contributed by atoms with Gasteiger partial charge in [-0.1, -0.05) is 111 Å². The summed E-state index contributed by atoms with van der Waals surface area (Å²) in [4.78, 5) is 19.1. The molecule has 0 N–H and O–H groups in total. The summed E-state index contributed by atoms with van der Waals surface area (Å²) in [6.07, 6.45) is 3.66. The van der Waals surface area contributed by atoms with Crippen molar-refractivity contribution in [3.8, 4) is 56.4 Å². The minimum atomic E-state index is -0.0951. The Bertz CT molecular complexity index is 1810. The van der Waals surface area contributed by atoms with Gasteiger partial charge in [0, 0.05) is 34.5 Å². The maximum atomic E-state index is 4.99. The first-order valence-electron chi connectivity index (χ1n) is 13.1. The third-order valence-electron chi connectivity index (χ3n) is 7.65. The Kier molecular flexibility index (Phi) is 5.41. The van der Waals surface area contributed by atoms with Crippen LogP contribution in [0, 0.1) is 0 Å². The average Bonchev–Trinajstić information content (AvgIpc) is 3.24. The van der Waals surface area contributed by atoms with Crippen molar-refractivity contribution in [1.29, 1.82) is 0 Å². The highest BCUT2D eigenvalue weighted by atomic mass is 15.0. The van der Waals surface area contributed by atoms with Crippen molar-refractivity contribution < 1.29 is 0 Å². The van der Waals surface area contributed by atoms with Crippen molar-refractivity contribution in [3.05, 3.63) is 133 Å². The van der Waals surface area contributed by atoms with E-state index in [-0.39, 0.29) is 5.41 Å². The van der Waals surface area contributed by atoms with Crippen LogP contribution < -0.4 is 0 Å². The van der Waals surface area contributed by atoms with E-state index < -0.39 is 0 Å². The predicted octanol–water partition coefficient (Wildman–Crippen LogP) is 8.24. The van der Waals surface area contributed by atoms with Crippen LogP contribution in [0.3, 0.4) is 0 Å². The number of aromatic nitrogens is 4. The molecule has 0 bridgehead atoms. The summed E-state index contributed by atoms with van der Waals surface area (Å²) in [6.45, 7) is 4.58. The predicted molar refractivity (Wildman–Crippen MR) is 157 cm³/mol. The van der Waals surface area contributed by atoms with E-state index in [4.69, 9.17) is 15.0 Å². The van der Waals surface area contributed by atoms with Crippen LogP contribution in [0.5, 0.6) is 0 Å². The van der Waals surface area contributed by atoms with E-state index in [9.17, 15) is 0 Å². The normalized spacial score (nSPS) is 13.1. The third-order valence-corrected chi connectivity index (χ3v) is 7.65. The van der Waals surface area contributed by atoms with Gasteiger partial charge in [0.15, 0.2) is 17.5 Å². The number of hydrogen-bond donors (Lipinski definition) is 0. The highest BCUT2D eigenvalue weighted by Crippen LogP contribution is 2.49. The molecule has 0 aliphatic heterocycles. The fourth-order valence-electron chi connectivity index (χ4n) is 5.54. The number of nitrogens with zero attached hydrogens (tertiary/aromatic N) is 4. The molecule has 6 aromatic rings. The van der Waals surface area contributed by atoms with Gasteiger partial charge in [-0.25, -0.2) is 15.0 Å². The number of hydrogen-bond acceptors (Lipinski definition) is 4. The molecule has 4 aromatic carbocycles. The third kappa shape index (κ3) is 4.02. The maximum absolute atomic E-state index is 4.99. The molecule has 2 heterocycles. The van der Waals surface area contributed by atoms with Gasteiger partial charge in [-0.15, -0.1) is 0 Å². The lowest BCUT2D eigenvalue weighted by atomic mass is 9.82. The fraction of sp³-hybridized carbons (Fsp3) is 0.0857. The number of rotatable bonds is 4. The standard InChI is InChI=1S/C35H26N4/c1-35(2)30-13-7-6-12-28(30)29-19-18-26(21-31(29)35)34-38-32(24-9-4-3-5-10-24)37-33(39-34)25-16-14-23(15-17-25)27-11-8-20-36-22-27/h3-22H,1-2H3. The molecule has 186 valence electrons. The van der Waals surface area contributed by atoms with E-state index in [0.717, 1.165) is 27.8 Å². The number of fused-ring (bicyclic) bond motifs is 3. The summed E-state index contributed by atoms with van der Waals surface area (Å²) in [7, 11) is 0. The van der Waals surface area contributed by atoms with Crippen LogP contribution in [0.25, 0.3) is 56.4 Å². The van der Waals surface area contributed by atoms with Gasteiger partial charge in [0.2, 0.25) is 0 Å². The van der Waals surface area contributed by atoms with Gasteiger partial charge in [-0.3, -0.25) is 4.98 Å². The van der Waals surface area contributed by atoms with Crippen molar-refractivity contribution in [2.45, 2.75) is 19.3 Å². The van der Waals surface area contributed by atoms with E-state index in [2.05, 4.69) is 91.6 Å². The van der Waals surface area contributed by atoms with Crippen molar-refractivity contribution >= 4 is 0 Å². The lowest BCUT2D eigenvalue weighted by molar-refractivity contribution is 0.660. The fourth-order valence-corrected chi connectivity index (χ4v) is 5.54. The number of pyridine rings is 1. The largest absolute Gasteiger partial charge is 0.264 e. The van der Waals surface area contributed by atoms with Crippen LogP contribution in [-0.4, -0.2) is 19.9 Å². The van der Waals surface area contributed by atoms with Crippen molar-refractivity contribution in [1.82, 2.24) is 19.9 Å². The minimum absolute atomic E-state index is 0.0951. The maximum Gasteiger partial charge on any atom is 0.164 e. The molecule has 0 spiro atoms. The molecule has 1 aliphatic rings. The summed E-state index contributed by atoms with van der Waals surface area (Å²) in [5, 5.41) is 0. The summed E-state index contributed by atoms with van der Waals surface area (Å²) in [5.41, 5.74) is 10.2. The smallest absolute Gasteiger partial charge is 0.164 e. The van der Waals surface area contributed by atoms with E-state index in [1.807, 2.05) is 42.6 Å². The molecule has 2 aromatic heterocycles. The highest BCUT2D eigenvalue weighted by Gasteiger charge is 2.35. The van der Waals surface area contributed by atoms with Gasteiger partial charge in [0.25, 0.3) is 0 Å². The van der Waals surface area contributed by atoms with Gasteiger partial charge in [-0.05, 0) is 45.5 Å². The van der Waals surface area contributed by atoms with E-state index in [1.54, 1.807) is 6.20 Å². The highest BCUT2D eigenvalue weighted by molar-refractivity contribution is 5.83. The Morgan fingerprint density at radius 2 is 1.03 bits per heavy atom. The van der Waals surface area contributed by atoms with E-state index >= 15 is 0 Å². The molecule has 0 atom stereocenters. The van der Waals surface area contributed by atoms with Crippen molar-refractivity contribution in [3.63, 3.8) is 0 Å². The Balaban J connectivity index is 1.35. The molecule has 0 amide bonds. The van der Waals surface area contributed by atoms with Crippen molar-refractivity contribution in [2.75, 3.05) is 0 Å². The molecular weight excluding hydrogens is 476 g/mol. The van der Waals surface area contributed by atoms with Crippen LogP contribution in [0.15, 0.2) is 122 Å². The Labute approximate surface area is 228 Å². The molecule has 4 nitrogen and oxygen atoms in total. The average molecular weight is 503 g/mol. The minimum Gasteiger partial charge on any atom is -0.264 e. The molecule has 39 heavy (non-hydrogen) atoms. The monoisotopic (exact) mass is 502 g/mol. The number of benzene rings is 4. The summed E-state index contributed by atoms with van der Waals surface area (Å²) < 4.78 is 0. The summed E-state index contributed by atoms with van der Waals surface area (Å²) >= 11 is 0. The first-order chi connectivity index (χ1) is 19.1. The summed E-state index contributed by atoms with van der Waals surface area (Å²) in [6, 6.07) is 37.7. The Morgan fingerprint density at radius 3 is 1.74 bits per heavy atom. The van der Waals surface area contributed by atoms with Gasteiger partial charge in [-0.2, -0.15) is 0 Å².